The number of nitrogens with zero attached hydrogens (tertiary/aromatic N) is 4. The molecule has 0 saturated carbocycles. The van der Waals surface area contributed by atoms with Crippen LogP contribution in [-0.2, 0) is 24.1 Å². The lowest BCUT2D eigenvalue weighted by molar-refractivity contribution is 0.203. The van der Waals surface area contributed by atoms with Crippen LogP contribution in [0.3, 0.4) is 0 Å². The maximum absolute atomic E-state index is 5.01. The molecule has 0 aliphatic carbocycles. The van der Waals surface area contributed by atoms with E-state index in [1.165, 1.54) is 19.3 Å². The first-order chi connectivity index (χ1) is 10.3. The summed E-state index contributed by atoms with van der Waals surface area (Å²) >= 11 is 0. The number of fused-ring (bicyclic) bond motifs is 1. The van der Waals surface area contributed by atoms with E-state index in [1.54, 1.807) is 14.2 Å². The number of aliphatic imine (C=N–C) groups is 1. The van der Waals surface area contributed by atoms with Crippen molar-refractivity contribution >= 4 is 29.9 Å². The highest BCUT2D eigenvalue weighted by atomic mass is 127. The summed E-state index contributed by atoms with van der Waals surface area (Å²) in [6, 6.07) is 0. The van der Waals surface area contributed by atoms with Crippen molar-refractivity contribution < 1.29 is 4.74 Å². The second-order valence-corrected chi connectivity index (χ2v) is 5.16. The van der Waals surface area contributed by atoms with Gasteiger partial charge in [-0.25, -0.2) is 0 Å². The SMILES string of the molecule is CN=C(NCCOC)NCCc1nnc2n1CCCCC2.I. The first-order valence-electron chi connectivity index (χ1n) is 7.69. The zero-order valence-corrected chi connectivity index (χ0v) is 15.8. The number of nitrogens with one attached hydrogen (secondary N) is 2. The molecule has 0 unspecified atom stereocenters. The Bertz CT molecular complexity index is 462. The minimum absolute atomic E-state index is 0. The van der Waals surface area contributed by atoms with Crippen LogP contribution in [0.2, 0.25) is 0 Å². The molecule has 2 heterocycles. The lowest BCUT2D eigenvalue weighted by Crippen LogP contribution is -2.39. The lowest BCUT2D eigenvalue weighted by Gasteiger charge is -2.12. The van der Waals surface area contributed by atoms with Crippen LogP contribution in [-0.4, -0.2) is 54.6 Å². The number of methoxy groups -OCH3 is 1. The van der Waals surface area contributed by atoms with E-state index in [-0.39, 0.29) is 24.0 Å². The minimum Gasteiger partial charge on any atom is -0.383 e. The summed E-state index contributed by atoms with van der Waals surface area (Å²) in [4.78, 5) is 4.18. The van der Waals surface area contributed by atoms with Crippen LogP contribution in [0.4, 0.5) is 0 Å². The van der Waals surface area contributed by atoms with Crippen molar-refractivity contribution in [3.05, 3.63) is 11.6 Å². The lowest BCUT2D eigenvalue weighted by atomic mass is 10.2. The molecule has 1 aromatic rings. The smallest absolute Gasteiger partial charge is 0.191 e. The van der Waals surface area contributed by atoms with Crippen LogP contribution in [0.25, 0.3) is 0 Å². The van der Waals surface area contributed by atoms with Crippen LogP contribution in [0.15, 0.2) is 4.99 Å². The van der Waals surface area contributed by atoms with E-state index in [9.17, 15) is 0 Å². The van der Waals surface area contributed by atoms with Gasteiger partial charge in [-0.05, 0) is 12.8 Å². The first kappa shape index (κ1) is 19.1. The molecular formula is C14H27IN6O. The number of ether oxygens (including phenoxy) is 1. The number of aryl methyl sites for hydroxylation is 1. The molecule has 126 valence electrons. The van der Waals surface area contributed by atoms with E-state index < -0.39 is 0 Å². The van der Waals surface area contributed by atoms with Gasteiger partial charge in [0.25, 0.3) is 0 Å². The number of hydrogen-bond acceptors (Lipinski definition) is 4. The molecule has 22 heavy (non-hydrogen) atoms. The summed E-state index contributed by atoms with van der Waals surface area (Å²) in [5.41, 5.74) is 0. The molecule has 0 spiro atoms. The Balaban J connectivity index is 0.00000242. The van der Waals surface area contributed by atoms with Crippen LogP contribution >= 0.6 is 24.0 Å². The van der Waals surface area contributed by atoms with Crippen molar-refractivity contribution in [1.82, 2.24) is 25.4 Å². The third kappa shape index (κ3) is 5.71. The van der Waals surface area contributed by atoms with Crippen LogP contribution in [0.5, 0.6) is 0 Å². The topological polar surface area (TPSA) is 76.4 Å². The molecular weight excluding hydrogens is 395 g/mol. The van der Waals surface area contributed by atoms with Gasteiger partial charge in [0.15, 0.2) is 5.96 Å². The van der Waals surface area contributed by atoms with Gasteiger partial charge in [-0.15, -0.1) is 34.2 Å². The highest BCUT2D eigenvalue weighted by Gasteiger charge is 2.14. The average Bonchev–Trinajstić information content (AvgIpc) is 2.73. The molecule has 0 saturated heterocycles. The van der Waals surface area contributed by atoms with E-state index in [2.05, 4.69) is 30.4 Å². The molecule has 1 aliphatic heterocycles. The number of rotatable bonds is 6. The number of halogens is 1. The molecule has 0 radical (unpaired) electrons. The van der Waals surface area contributed by atoms with Gasteiger partial charge in [-0.3, -0.25) is 4.99 Å². The maximum Gasteiger partial charge on any atom is 0.191 e. The summed E-state index contributed by atoms with van der Waals surface area (Å²) in [5, 5.41) is 15.1. The highest BCUT2D eigenvalue weighted by Crippen LogP contribution is 2.14. The van der Waals surface area contributed by atoms with E-state index >= 15 is 0 Å². The zero-order chi connectivity index (χ0) is 14.9. The Hall–Kier alpha value is -0.900. The molecule has 0 amide bonds. The molecule has 0 atom stereocenters. The second kappa shape index (κ2) is 10.8. The molecule has 1 aliphatic rings. The van der Waals surface area contributed by atoms with Gasteiger partial charge in [-0.1, -0.05) is 6.42 Å². The third-order valence-electron chi connectivity index (χ3n) is 3.65. The second-order valence-electron chi connectivity index (χ2n) is 5.16. The fraction of sp³-hybridized carbons (Fsp3) is 0.786. The van der Waals surface area contributed by atoms with Crippen molar-refractivity contribution in [2.24, 2.45) is 4.99 Å². The Morgan fingerprint density at radius 2 is 2.05 bits per heavy atom. The molecule has 8 heteroatoms. The van der Waals surface area contributed by atoms with Gasteiger partial charge in [0, 0.05) is 46.6 Å². The molecule has 2 N–H and O–H groups in total. The summed E-state index contributed by atoms with van der Waals surface area (Å²) < 4.78 is 7.29. The largest absolute Gasteiger partial charge is 0.383 e. The van der Waals surface area contributed by atoms with Gasteiger partial charge >= 0.3 is 0 Å². The summed E-state index contributed by atoms with van der Waals surface area (Å²) in [6.07, 6.45) is 5.66. The Morgan fingerprint density at radius 3 is 2.82 bits per heavy atom. The van der Waals surface area contributed by atoms with Gasteiger partial charge in [0.05, 0.1) is 6.61 Å². The normalized spacial score (nSPS) is 14.7. The highest BCUT2D eigenvalue weighted by molar-refractivity contribution is 14.0. The van der Waals surface area contributed by atoms with Crippen molar-refractivity contribution in [2.45, 2.75) is 38.6 Å². The van der Waals surface area contributed by atoms with Crippen molar-refractivity contribution in [3.8, 4) is 0 Å². The predicted molar refractivity (Wildman–Crippen MR) is 97.9 cm³/mol. The van der Waals surface area contributed by atoms with Crippen LogP contribution < -0.4 is 10.6 Å². The quantitative estimate of drug-likeness (QED) is 0.309. The molecule has 7 nitrogen and oxygen atoms in total. The monoisotopic (exact) mass is 422 g/mol. The fourth-order valence-electron chi connectivity index (χ4n) is 2.52. The van der Waals surface area contributed by atoms with E-state index in [1.807, 2.05) is 0 Å². The van der Waals surface area contributed by atoms with E-state index in [4.69, 9.17) is 4.74 Å². The molecule has 2 rings (SSSR count). The zero-order valence-electron chi connectivity index (χ0n) is 13.5. The Kier molecular flexibility index (Phi) is 9.37. The predicted octanol–water partition coefficient (Wildman–Crippen LogP) is 0.976. The van der Waals surface area contributed by atoms with Crippen molar-refractivity contribution in [3.63, 3.8) is 0 Å². The Morgan fingerprint density at radius 1 is 1.23 bits per heavy atom. The molecule has 0 bridgehead atoms. The van der Waals surface area contributed by atoms with Crippen molar-refractivity contribution in [1.29, 1.82) is 0 Å². The van der Waals surface area contributed by atoms with Crippen molar-refractivity contribution in [2.75, 3.05) is 33.9 Å². The average molecular weight is 422 g/mol. The van der Waals surface area contributed by atoms with Crippen LogP contribution in [0.1, 0.15) is 30.9 Å². The van der Waals surface area contributed by atoms with Gasteiger partial charge < -0.3 is 19.9 Å². The van der Waals surface area contributed by atoms with Crippen LogP contribution in [0, 0.1) is 0 Å². The molecule has 1 aromatic heterocycles. The Labute approximate surface area is 149 Å². The fourth-order valence-corrected chi connectivity index (χ4v) is 2.52. The summed E-state index contributed by atoms with van der Waals surface area (Å²) in [7, 11) is 3.46. The maximum atomic E-state index is 5.01. The van der Waals surface area contributed by atoms with Gasteiger partial charge in [-0.2, -0.15) is 0 Å². The minimum atomic E-state index is 0. The van der Waals surface area contributed by atoms with E-state index in [0.29, 0.717) is 6.61 Å². The number of guanidine groups is 1. The standard InChI is InChI=1S/C14H26N6O.HI/c1-15-14(17-9-11-21-2)16-8-7-13-19-18-12-6-4-3-5-10-20(12)13;/h3-11H2,1-2H3,(H2,15,16,17);1H. The summed E-state index contributed by atoms with van der Waals surface area (Å²) in [6.45, 7) is 3.26. The third-order valence-corrected chi connectivity index (χ3v) is 3.65. The first-order valence-corrected chi connectivity index (χ1v) is 7.69. The van der Waals surface area contributed by atoms with E-state index in [0.717, 1.165) is 50.1 Å². The van der Waals surface area contributed by atoms with Gasteiger partial charge in [0.1, 0.15) is 11.6 Å². The summed E-state index contributed by atoms with van der Waals surface area (Å²) in [5.74, 6) is 3.01. The van der Waals surface area contributed by atoms with Gasteiger partial charge in [0.2, 0.25) is 0 Å². The number of hydrogen-bond donors (Lipinski definition) is 2. The molecule has 0 fully saturated rings. The number of aromatic nitrogens is 3. The molecule has 0 aromatic carbocycles.